The highest BCUT2D eigenvalue weighted by molar-refractivity contribution is 5.87. The minimum atomic E-state index is -0.263. The number of aromatic nitrogens is 1. The minimum Gasteiger partial charge on any atom is -0.489 e. The molecule has 0 spiro atoms. The Bertz CT molecular complexity index is 806. The van der Waals surface area contributed by atoms with Crippen LogP contribution in [-0.4, -0.2) is 4.57 Å². The molecule has 0 radical (unpaired) electrons. The van der Waals surface area contributed by atoms with Crippen molar-refractivity contribution in [3.05, 3.63) is 65.6 Å². The topological polar surface area (TPSA) is 40.2 Å². The number of nitrogens with two attached hydrogens (primary N) is 1. The molecule has 120 valence electrons. The number of nitrogens with zero attached hydrogens (tertiary/aromatic N) is 1. The molecular formula is C19H21FN2O. The van der Waals surface area contributed by atoms with E-state index in [1.807, 2.05) is 6.07 Å². The third-order valence-corrected chi connectivity index (χ3v) is 4.00. The van der Waals surface area contributed by atoms with E-state index in [2.05, 4.69) is 36.7 Å². The standard InChI is InChI=1S/C19H21FN2O/c1-13(2)22-11-15(12-23-17-8-6-16(20)7-9-17)18-5-3-4-14(10-21)19(18)22/h3-9,11,13H,10,12,21H2,1-2H3. The van der Waals surface area contributed by atoms with Crippen LogP contribution >= 0.6 is 0 Å². The van der Waals surface area contributed by atoms with E-state index in [0.717, 1.165) is 16.5 Å². The van der Waals surface area contributed by atoms with Gasteiger partial charge in [-0.25, -0.2) is 4.39 Å². The zero-order chi connectivity index (χ0) is 16.4. The molecule has 3 nitrogen and oxygen atoms in total. The molecule has 0 unspecified atom stereocenters. The summed E-state index contributed by atoms with van der Waals surface area (Å²) < 4.78 is 21.0. The van der Waals surface area contributed by atoms with Gasteiger partial charge in [0.15, 0.2) is 0 Å². The van der Waals surface area contributed by atoms with Gasteiger partial charge in [-0.05, 0) is 43.7 Å². The van der Waals surface area contributed by atoms with E-state index in [1.165, 1.54) is 17.6 Å². The first-order valence-electron chi connectivity index (χ1n) is 7.80. The van der Waals surface area contributed by atoms with E-state index >= 15 is 0 Å². The molecule has 1 aromatic heterocycles. The van der Waals surface area contributed by atoms with E-state index in [9.17, 15) is 4.39 Å². The van der Waals surface area contributed by atoms with Crippen LogP contribution in [0.2, 0.25) is 0 Å². The second kappa shape index (κ2) is 6.42. The molecule has 0 saturated heterocycles. The summed E-state index contributed by atoms with van der Waals surface area (Å²) in [5.74, 6) is 0.396. The van der Waals surface area contributed by atoms with Crippen LogP contribution < -0.4 is 10.5 Å². The van der Waals surface area contributed by atoms with Crippen LogP contribution in [0, 0.1) is 5.82 Å². The van der Waals surface area contributed by atoms with Crippen molar-refractivity contribution in [2.24, 2.45) is 5.73 Å². The molecule has 2 N–H and O–H groups in total. The lowest BCUT2D eigenvalue weighted by atomic mass is 10.1. The summed E-state index contributed by atoms with van der Waals surface area (Å²) in [6, 6.07) is 12.6. The number of hydrogen-bond acceptors (Lipinski definition) is 2. The van der Waals surface area contributed by atoms with Gasteiger partial charge in [0.2, 0.25) is 0 Å². The fourth-order valence-electron chi connectivity index (χ4n) is 2.84. The fourth-order valence-corrected chi connectivity index (χ4v) is 2.84. The molecule has 0 atom stereocenters. The molecule has 3 rings (SSSR count). The summed E-state index contributed by atoms with van der Waals surface area (Å²) in [6.07, 6.45) is 2.12. The van der Waals surface area contributed by atoms with Crippen molar-refractivity contribution in [1.29, 1.82) is 0 Å². The molecule has 3 aromatic rings. The summed E-state index contributed by atoms with van der Waals surface area (Å²) in [4.78, 5) is 0. The van der Waals surface area contributed by atoms with Gasteiger partial charge in [-0.3, -0.25) is 0 Å². The van der Waals surface area contributed by atoms with Gasteiger partial charge in [0, 0.05) is 29.7 Å². The Morgan fingerprint density at radius 3 is 2.48 bits per heavy atom. The summed E-state index contributed by atoms with van der Waals surface area (Å²) in [6.45, 7) is 5.25. The monoisotopic (exact) mass is 312 g/mol. The SMILES string of the molecule is CC(C)n1cc(COc2ccc(F)cc2)c2cccc(CN)c21. The average molecular weight is 312 g/mol. The quantitative estimate of drug-likeness (QED) is 0.758. The molecule has 0 fully saturated rings. The Morgan fingerprint density at radius 2 is 1.83 bits per heavy atom. The Kier molecular flexibility index (Phi) is 4.35. The molecule has 1 heterocycles. The Labute approximate surface area is 135 Å². The molecule has 0 aliphatic rings. The van der Waals surface area contributed by atoms with Crippen LogP contribution in [-0.2, 0) is 13.2 Å². The average Bonchev–Trinajstić information content (AvgIpc) is 2.93. The zero-order valence-corrected chi connectivity index (χ0v) is 13.4. The smallest absolute Gasteiger partial charge is 0.123 e. The number of fused-ring (bicyclic) bond motifs is 1. The molecular weight excluding hydrogens is 291 g/mol. The van der Waals surface area contributed by atoms with Gasteiger partial charge in [-0.1, -0.05) is 18.2 Å². The van der Waals surface area contributed by atoms with Crippen LogP contribution in [0.4, 0.5) is 4.39 Å². The van der Waals surface area contributed by atoms with Crippen LogP contribution in [0.15, 0.2) is 48.7 Å². The van der Waals surface area contributed by atoms with Crippen LogP contribution in [0.1, 0.15) is 31.0 Å². The molecule has 0 aliphatic heterocycles. The molecule has 23 heavy (non-hydrogen) atoms. The van der Waals surface area contributed by atoms with Crippen LogP contribution in [0.3, 0.4) is 0 Å². The third kappa shape index (κ3) is 3.08. The predicted octanol–water partition coefficient (Wildman–Crippen LogP) is 4.40. The fraction of sp³-hybridized carbons (Fsp3) is 0.263. The maximum absolute atomic E-state index is 13.0. The number of rotatable bonds is 5. The van der Waals surface area contributed by atoms with Gasteiger partial charge in [-0.2, -0.15) is 0 Å². The zero-order valence-electron chi connectivity index (χ0n) is 13.4. The summed E-state index contributed by atoms with van der Waals surface area (Å²) in [5.41, 5.74) is 9.30. The Hall–Kier alpha value is -2.33. The molecule has 4 heteroatoms. The maximum atomic E-state index is 13.0. The van der Waals surface area contributed by atoms with Gasteiger partial charge in [0.25, 0.3) is 0 Å². The lowest BCUT2D eigenvalue weighted by Gasteiger charge is -2.11. The first kappa shape index (κ1) is 15.6. The first-order chi connectivity index (χ1) is 11.1. The number of benzene rings is 2. The first-order valence-corrected chi connectivity index (χ1v) is 7.80. The lowest BCUT2D eigenvalue weighted by Crippen LogP contribution is -2.03. The van der Waals surface area contributed by atoms with E-state index in [0.29, 0.717) is 24.9 Å². The van der Waals surface area contributed by atoms with E-state index < -0.39 is 0 Å². The van der Waals surface area contributed by atoms with E-state index in [1.54, 1.807) is 12.1 Å². The molecule has 0 aliphatic carbocycles. The van der Waals surface area contributed by atoms with Crippen molar-refractivity contribution < 1.29 is 9.13 Å². The number of hydrogen-bond donors (Lipinski definition) is 1. The summed E-state index contributed by atoms with van der Waals surface area (Å²) >= 11 is 0. The maximum Gasteiger partial charge on any atom is 0.123 e. The van der Waals surface area contributed by atoms with Crippen molar-refractivity contribution in [3.8, 4) is 5.75 Å². The number of halogens is 1. The molecule has 2 aromatic carbocycles. The van der Waals surface area contributed by atoms with Crippen molar-refractivity contribution in [3.63, 3.8) is 0 Å². The highest BCUT2D eigenvalue weighted by Gasteiger charge is 2.13. The lowest BCUT2D eigenvalue weighted by molar-refractivity contribution is 0.306. The van der Waals surface area contributed by atoms with E-state index in [-0.39, 0.29) is 5.82 Å². The predicted molar refractivity (Wildman–Crippen MR) is 90.9 cm³/mol. The van der Waals surface area contributed by atoms with Gasteiger partial charge in [0.1, 0.15) is 18.2 Å². The van der Waals surface area contributed by atoms with Crippen LogP contribution in [0.5, 0.6) is 5.75 Å². The van der Waals surface area contributed by atoms with Crippen molar-refractivity contribution in [2.75, 3.05) is 0 Å². The third-order valence-electron chi connectivity index (χ3n) is 4.00. The number of para-hydroxylation sites is 1. The second-order valence-electron chi connectivity index (χ2n) is 5.92. The van der Waals surface area contributed by atoms with Crippen molar-refractivity contribution in [1.82, 2.24) is 4.57 Å². The molecule has 0 saturated carbocycles. The van der Waals surface area contributed by atoms with Crippen molar-refractivity contribution in [2.45, 2.75) is 33.0 Å². The van der Waals surface area contributed by atoms with Gasteiger partial charge in [0.05, 0.1) is 5.52 Å². The Balaban J connectivity index is 1.96. The molecule has 0 bridgehead atoms. The van der Waals surface area contributed by atoms with Crippen LogP contribution in [0.25, 0.3) is 10.9 Å². The second-order valence-corrected chi connectivity index (χ2v) is 5.92. The van der Waals surface area contributed by atoms with Gasteiger partial charge < -0.3 is 15.0 Å². The van der Waals surface area contributed by atoms with Gasteiger partial charge in [-0.15, -0.1) is 0 Å². The molecule has 0 amide bonds. The minimum absolute atomic E-state index is 0.263. The highest BCUT2D eigenvalue weighted by atomic mass is 19.1. The van der Waals surface area contributed by atoms with Gasteiger partial charge >= 0.3 is 0 Å². The highest BCUT2D eigenvalue weighted by Crippen LogP contribution is 2.28. The Morgan fingerprint density at radius 1 is 1.09 bits per heavy atom. The number of ether oxygens (including phenoxy) is 1. The normalized spacial score (nSPS) is 11.3. The van der Waals surface area contributed by atoms with E-state index in [4.69, 9.17) is 10.5 Å². The van der Waals surface area contributed by atoms with Crippen molar-refractivity contribution >= 4 is 10.9 Å². The summed E-state index contributed by atoms with van der Waals surface area (Å²) in [7, 11) is 0. The summed E-state index contributed by atoms with van der Waals surface area (Å²) in [5, 5.41) is 1.16. The largest absolute Gasteiger partial charge is 0.489 e.